The molecule has 3 rings (SSSR count). The van der Waals surface area contributed by atoms with Crippen molar-refractivity contribution in [3.63, 3.8) is 0 Å². The summed E-state index contributed by atoms with van der Waals surface area (Å²) >= 11 is 0. The average Bonchev–Trinajstić information content (AvgIpc) is 2.96. The second-order valence-corrected chi connectivity index (χ2v) is 7.52. The minimum atomic E-state index is -3.96. The first-order valence-electron chi connectivity index (χ1n) is 7.87. The highest BCUT2D eigenvalue weighted by atomic mass is 32.2. The fraction of sp³-hybridized carbons (Fsp3) is 0.167. The lowest BCUT2D eigenvalue weighted by atomic mass is 10.2. The van der Waals surface area contributed by atoms with Gasteiger partial charge >= 0.3 is 0 Å². The van der Waals surface area contributed by atoms with E-state index < -0.39 is 28.2 Å². The molecule has 2 aromatic carbocycles. The third-order valence-electron chi connectivity index (χ3n) is 3.88. The highest BCUT2D eigenvalue weighted by Gasteiger charge is 2.21. The fourth-order valence-electron chi connectivity index (χ4n) is 2.56. The summed E-state index contributed by atoms with van der Waals surface area (Å²) in [6.45, 7) is 1.50. The molecule has 0 radical (unpaired) electrons. The van der Waals surface area contributed by atoms with Crippen LogP contribution in [0.1, 0.15) is 16.8 Å². The summed E-state index contributed by atoms with van der Waals surface area (Å²) < 4.78 is 56.1. The molecule has 136 valence electrons. The van der Waals surface area contributed by atoms with Crippen LogP contribution in [0.15, 0.2) is 59.6 Å². The van der Waals surface area contributed by atoms with Gasteiger partial charge in [0.2, 0.25) is 10.0 Å². The Morgan fingerprint density at radius 2 is 1.69 bits per heavy atom. The molecule has 8 heteroatoms. The van der Waals surface area contributed by atoms with Gasteiger partial charge in [0, 0.05) is 18.3 Å². The summed E-state index contributed by atoms with van der Waals surface area (Å²) in [6, 6.07) is 12.8. The smallest absolute Gasteiger partial charge is 0.244 e. The van der Waals surface area contributed by atoms with Crippen LogP contribution in [0, 0.1) is 18.6 Å². The van der Waals surface area contributed by atoms with Crippen molar-refractivity contribution in [3.8, 4) is 0 Å². The Morgan fingerprint density at radius 3 is 2.35 bits per heavy atom. The Labute approximate surface area is 150 Å². The predicted octanol–water partition coefficient (Wildman–Crippen LogP) is 3.00. The molecule has 0 aliphatic rings. The minimum Gasteiger partial charge on any atom is -0.267 e. The molecule has 0 saturated carbocycles. The molecule has 0 unspecified atom stereocenters. The van der Waals surface area contributed by atoms with Gasteiger partial charge in [-0.3, -0.25) is 4.68 Å². The van der Waals surface area contributed by atoms with Crippen molar-refractivity contribution in [3.05, 3.63) is 83.2 Å². The quantitative estimate of drug-likeness (QED) is 0.718. The van der Waals surface area contributed by atoms with Gasteiger partial charge in [0.25, 0.3) is 0 Å². The first-order chi connectivity index (χ1) is 12.4. The number of nitrogens with one attached hydrogen (secondary N) is 1. The number of aromatic nitrogens is 2. The molecule has 1 N–H and O–H groups in total. The van der Waals surface area contributed by atoms with E-state index in [9.17, 15) is 17.2 Å². The zero-order chi connectivity index (χ0) is 18.7. The summed E-state index contributed by atoms with van der Waals surface area (Å²) in [5, 5.41) is 4.21. The normalized spacial score (nSPS) is 11.7. The first kappa shape index (κ1) is 18.2. The second-order valence-electron chi connectivity index (χ2n) is 5.79. The zero-order valence-corrected chi connectivity index (χ0v) is 14.8. The molecule has 26 heavy (non-hydrogen) atoms. The van der Waals surface area contributed by atoms with Crippen LogP contribution in [0.5, 0.6) is 0 Å². The van der Waals surface area contributed by atoms with Crippen LogP contribution in [0.25, 0.3) is 0 Å². The van der Waals surface area contributed by atoms with Crippen molar-refractivity contribution in [1.82, 2.24) is 14.5 Å². The number of aryl methyl sites for hydroxylation is 1. The van der Waals surface area contributed by atoms with Crippen molar-refractivity contribution < 1.29 is 17.2 Å². The Hall–Kier alpha value is -2.58. The van der Waals surface area contributed by atoms with Crippen molar-refractivity contribution in [2.24, 2.45) is 0 Å². The monoisotopic (exact) mass is 377 g/mol. The highest BCUT2D eigenvalue weighted by molar-refractivity contribution is 7.89. The molecule has 5 nitrogen and oxygen atoms in total. The number of benzene rings is 2. The van der Waals surface area contributed by atoms with Crippen LogP contribution in [-0.2, 0) is 23.1 Å². The molecule has 0 bridgehead atoms. The van der Waals surface area contributed by atoms with E-state index in [2.05, 4.69) is 9.82 Å². The minimum absolute atomic E-state index is 0.0230. The summed E-state index contributed by atoms with van der Waals surface area (Å²) in [5.74, 6) is -1.60. The number of hydrogen-bond acceptors (Lipinski definition) is 3. The first-order valence-corrected chi connectivity index (χ1v) is 9.35. The van der Waals surface area contributed by atoms with Gasteiger partial charge in [-0.1, -0.05) is 36.4 Å². The molecule has 1 heterocycles. The molecule has 0 spiro atoms. The van der Waals surface area contributed by atoms with E-state index in [1.807, 2.05) is 30.3 Å². The molecule has 0 fully saturated rings. The summed E-state index contributed by atoms with van der Waals surface area (Å²) in [4.78, 5) is -0.0230. The Bertz CT molecular complexity index is 998. The summed E-state index contributed by atoms with van der Waals surface area (Å²) in [6.07, 6.45) is 1.41. The van der Waals surface area contributed by atoms with E-state index in [-0.39, 0.29) is 10.5 Å². The third-order valence-corrected chi connectivity index (χ3v) is 5.38. The van der Waals surface area contributed by atoms with Crippen LogP contribution in [0.2, 0.25) is 0 Å². The van der Waals surface area contributed by atoms with Gasteiger partial charge in [-0.05, 0) is 24.6 Å². The number of rotatable bonds is 6. The zero-order valence-electron chi connectivity index (χ0n) is 14.0. The second kappa shape index (κ2) is 7.35. The molecule has 3 aromatic rings. The van der Waals surface area contributed by atoms with E-state index >= 15 is 0 Å². The third kappa shape index (κ3) is 3.97. The number of halogens is 2. The van der Waals surface area contributed by atoms with E-state index in [0.717, 1.165) is 17.7 Å². The Kier molecular flexibility index (Phi) is 5.15. The molecular formula is C18H17F2N3O2S. The lowest BCUT2D eigenvalue weighted by molar-refractivity contribution is 0.544. The van der Waals surface area contributed by atoms with Crippen molar-refractivity contribution in [1.29, 1.82) is 0 Å². The maximum atomic E-state index is 13.7. The molecule has 0 amide bonds. The van der Waals surface area contributed by atoms with Gasteiger partial charge in [0.1, 0.15) is 16.5 Å². The maximum absolute atomic E-state index is 13.7. The van der Waals surface area contributed by atoms with Crippen molar-refractivity contribution >= 4 is 10.0 Å². The van der Waals surface area contributed by atoms with Crippen LogP contribution < -0.4 is 4.72 Å². The molecular weight excluding hydrogens is 360 g/mol. The standard InChI is InChI=1S/C18H17F2N3O2S/c1-13-18(12-23(22-13)11-14-6-3-2-4-7-14)26(24,25)21-10-15-16(19)8-5-9-17(15)20/h2-9,12,21H,10-11H2,1H3. The Balaban J connectivity index is 1.79. The number of sulfonamides is 1. The largest absolute Gasteiger partial charge is 0.267 e. The van der Waals surface area contributed by atoms with Gasteiger partial charge < -0.3 is 0 Å². The predicted molar refractivity (Wildman–Crippen MR) is 92.9 cm³/mol. The fourth-order valence-corrected chi connectivity index (χ4v) is 3.74. The van der Waals surface area contributed by atoms with Crippen LogP contribution >= 0.6 is 0 Å². The molecule has 0 aliphatic carbocycles. The van der Waals surface area contributed by atoms with E-state index in [1.54, 1.807) is 6.92 Å². The number of nitrogens with zero attached hydrogens (tertiary/aromatic N) is 2. The maximum Gasteiger partial charge on any atom is 0.244 e. The van der Waals surface area contributed by atoms with Crippen molar-refractivity contribution in [2.45, 2.75) is 24.9 Å². The van der Waals surface area contributed by atoms with Gasteiger partial charge in [-0.15, -0.1) is 0 Å². The molecule has 0 aliphatic heterocycles. The summed E-state index contributed by atoms with van der Waals surface area (Å²) in [5.41, 5.74) is 0.952. The molecule has 1 aromatic heterocycles. The molecule has 0 atom stereocenters. The van der Waals surface area contributed by atoms with Crippen LogP contribution in [0.4, 0.5) is 8.78 Å². The van der Waals surface area contributed by atoms with Crippen LogP contribution in [-0.4, -0.2) is 18.2 Å². The SMILES string of the molecule is Cc1nn(Cc2ccccc2)cc1S(=O)(=O)NCc1c(F)cccc1F. The van der Waals surface area contributed by atoms with Crippen molar-refractivity contribution in [2.75, 3.05) is 0 Å². The molecule has 0 saturated heterocycles. The lowest BCUT2D eigenvalue weighted by Gasteiger charge is -2.07. The number of hydrogen-bond donors (Lipinski definition) is 1. The summed E-state index contributed by atoms with van der Waals surface area (Å²) in [7, 11) is -3.96. The topological polar surface area (TPSA) is 64.0 Å². The van der Waals surface area contributed by atoms with E-state index in [4.69, 9.17) is 0 Å². The highest BCUT2D eigenvalue weighted by Crippen LogP contribution is 2.17. The Morgan fingerprint density at radius 1 is 1.04 bits per heavy atom. The lowest BCUT2D eigenvalue weighted by Crippen LogP contribution is -2.24. The van der Waals surface area contributed by atoms with Gasteiger partial charge in [0.05, 0.1) is 12.2 Å². The average molecular weight is 377 g/mol. The van der Waals surface area contributed by atoms with Gasteiger partial charge in [-0.25, -0.2) is 21.9 Å². The van der Waals surface area contributed by atoms with E-state index in [1.165, 1.54) is 16.9 Å². The van der Waals surface area contributed by atoms with E-state index in [0.29, 0.717) is 12.2 Å². The van der Waals surface area contributed by atoms with Gasteiger partial charge in [-0.2, -0.15) is 5.10 Å². The van der Waals surface area contributed by atoms with Crippen LogP contribution in [0.3, 0.4) is 0 Å². The van der Waals surface area contributed by atoms with Gasteiger partial charge in [0.15, 0.2) is 0 Å².